The van der Waals surface area contributed by atoms with E-state index in [1.807, 2.05) is 24.3 Å². The zero-order valence-corrected chi connectivity index (χ0v) is 12.5. The summed E-state index contributed by atoms with van der Waals surface area (Å²) in [6, 6.07) is 12.0. The van der Waals surface area contributed by atoms with Gasteiger partial charge in [0.2, 0.25) is 0 Å². The zero-order valence-electron chi connectivity index (χ0n) is 12.5. The highest BCUT2D eigenvalue weighted by Crippen LogP contribution is 2.24. The average Bonchev–Trinajstić information content (AvgIpc) is 2.53. The molecular formula is C18H17FO3. The minimum absolute atomic E-state index is 0.309. The molecule has 0 spiro atoms. The van der Waals surface area contributed by atoms with Crippen LogP contribution in [-0.4, -0.2) is 19.7 Å². The van der Waals surface area contributed by atoms with Gasteiger partial charge in [0.05, 0.1) is 13.7 Å². The van der Waals surface area contributed by atoms with Crippen molar-refractivity contribution in [3.63, 3.8) is 0 Å². The van der Waals surface area contributed by atoms with Gasteiger partial charge in [0.25, 0.3) is 0 Å². The number of halogens is 1. The molecular weight excluding hydrogens is 283 g/mol. The summed E-state index contributed by atoms with van der Waals surface area (Å²) >= 11 is 0. The molecule has 2 aromatic rings. The first kappa shape index (κ1) is 15.8. The molecule has 2 aromatic carbocycles. The van der Waals surface area contributed by atoms with Crippen molar-refractivity contribution in [2.24, 2.45) is 0 Å². The molecule has 0 radical (unpaired) electrons. The average molecular weight is 300 g/mol. The Morgan fingerprint density at radius 1 is 1.14 bits per heavy atom. The second-order valence-electron chi connectivity index (χ2n) is 4.59. The van der Waals surface area contributed by atoms with Gasteiger partial charge in [-0.05, 0) is 60.0 Å². The Balaban J connectivity index is 2.27. The molecule has 0 aliphatic rings. The standard InChI is InChI=1S/C18H17FO3/c1-3-22-18(20)9-4-13-10-15(12-16(19)11-13)14-5-7-17(21-2)8-6-14/h4-12H,3H2,1-2H3/b9-4+. The SMILES string of the molecule is CCOC(=O)/C=C/c1cc(F)cc(-c2ccc(OC)cc2)c1. The maximum absolute atomic E-state index is 13.8. The van der Waals surface area contributed by atoms with Gasteiger partial charge in [0.15, 0.2) is 0 Å². The highest BCUT2D eigenvalue weighted by molar-refractivity contribution is 5.87. The molecule has 0 saturated heterocycles. The van der Waals surface area contributed by atoms with Gasteiger partial charge in [-0.2, -0.15) is 0 Å². The largest absolute Gasteiger partial charge is 0.497 e. The second-order valence-corrected chi connectivity index (χ2v) is 4.59. The summed E-state index contributed by atoms with van der Waals surface area (Å²) in [5, 5.41) is 0. The van der Waals surface area contributed by atoms with Crippen molar-refractivity contribution in [2.45, 2.75) is 6.92 Å². The predicted molar refractivity (Wildman–Crippen MR) is 84.1 cm³/mol. The third-order valence-electron chi connectivity index (χ3n) is 3.04. The molecule has 22 heavy (non-hydrogen) atoms. The second kappa shape index (κ2) is 7.41. The van der Waals surface area contributed by atoms with Gasteiger partial charge in [-0.3, -0.25) is 0 Å². The van der Waals surface area contributed by atoms with Crippen LogP contribution >= 0.6 is 0 Å². The van der Waals surface area contributed by atoms with Gasteiger partial charge < -0.3 is 9.47 Å². The number of ether oxygens (including phenoxy) is 2. The first-order valence-electron chi connectivity index (χ1n) is 6.92. The van der Waals surface area contributed by atoms with Crippen LogP contribution in [0.3, 0.4) is 0 Å². The highest BCUT2D eigenvalue weighted by atomic mass is 19.1. The monoisotopic (exact) mass is 300 g/mol. The van der Waals surface area contributed by atoms with Gasteiger partial charge >= 0.3 is 5.97 Å². The summed E-state index contributed by atoms with van der Waals surface area (Å²) in [5.41, 5.74) is 2.19. The van der Waals surface area contributed by atoms with E-state index in [1.54, 1.807) is 20.1 Å². The van der Waals surface area contributed by atoms with E-state index in [1.165, 1.54) is 24.3 Å². The number of methoxy groups -OCH3 is 1. The molecule has 4 heteroatoms. The lowest BCUT2D eigenvalue weighted by atomic mass is 10.0. The number of esters is 1. The molecule has 0 aliphatic carbocycles. The third kappa shape index (κ3) is 4.19. The first-order chi connectivity index (χ1) is 10.6. The van der Waals surface area contributed by atoms with Crippen molar-refractivity contribution >= 4 is 12.0 Å². The summed E-state index contributed by atoms with van der Waals surface area (Å²) < 4.78 is 23.7. The minimum Gasteiger partial charge on any atom is -0.497 e. The number of rotatable bonds is 5. The summed E-state index contributed by atoms with van der Waals surface area (Å²) in [4.78, 5) is 11.3. The molecule has 0 unspecified atom stereocenters. The van der Waals surface area contributed by atoms with Crippen LogP contribution in [0.2, 0.25) is 0 Å². The van der Waals surface area contributed by atoms with E-state index < -0.39 is 5.97 Å². The molecule has 0 aromatic heterocycles. The van der Waals surface area contributed by atoms with Crippen molar-refractivity contribution < 1.29 is 18.7 Å². The smallest absolute Gasteiger partial charge is 0.330 e. The quantitative estimate of drug-likeness (QED) is 0.616. The summed E-state index contributed by atoms with van der Waals surface area (Å²) in [6.45, 7) is 2.04. The Hall–Kier alpha value is -2.62. The van der Waals surface area contributed by atoms with Crippen LogP contribution < -0.4 is 4.74 Å². The predicted octanol–water partition coefficient (Wildman–Crippen LogP) is 4.08. The van der Waals surface area contributed by atoms with Gasteiger partial charge in [-0.1, -0.05) is 12.1 Å². The number of hydrogen-bond donors (Lipinski definition) is 0. The fourth-order valence-electron chi connectivity index (χ4n) is 2.01. The van der Waals surface area contributed by atoms with Crippen molar-refractivity contribution in [1.82, 2.24) is 0 Å². The molecule has 0 saturated carbocycles. The Kier molecular flexibility index (Phi) is 5.31. The molecule has 0 aliphatic heterocycles. The lowest BCUT2D eigenvalue weighted by Crippen LogP contribution is -1.98. The van der Waals surface area contributed by atoms with E-state index in [0.717, 1.165) is 16.9 Å². The molecule has 114 valence electrons. The van der Waals surface area contributed by atoms with Crippen LogP contribution in [-0.2, 0) is 9.53 Å². The summed E-state index contributed by atoms with van der Waals surface area (Å²) in [7, 11) is 1.59. The van der Waals surface area contributed by atoms with Gasteiger partial charge in [-0.25, -0.2) is 9.18 Å². The van der Waals surface area contributed by atoms with Crippen LogP contribution in [0, 0.1) is 5.82 Å². The Morgan fingerprint density at radius 3 is 2.50 bits per heavy atom. The molecule has 0 heterocycles. The molecule has 3 nitrogen and oxygen atoms in total. The maximum atomic E-state index is 13.8. The fraction of sp³-hybridized carbons (Fsp3) is 0.167. The summed E-state index contributed by atoms with van der Waals surface area (Å²) in [5.74, 6) is -0.0721. The van der Waals surface area contributed by atoms with Crippen molar-refractivity contribution in [3.05, 3.63) is 59.9 Å². The van der Waals surface area contributed by atoms with Crippen LogP contribution in [0.25, 0.3) is 17.2 Å². The molecule has 0 fully saturated rings. The molecule has 2 rings (SSSR count). The topological polar surface area (TPSA) is 35.5 Å². The zero-order chi connectivity index (χ0) is 15.9. The Morgan fingerprint density at radius 2 is 1.86 bits per heavy atom. The van der Waals surface area contributed by atoms with E-state index in [4.69, 9.17) is 9.47 Å². The van der Waals surface area contributed by atoms with Crippen molar-refractivity contribution in [3.8, 4) is 16.9 Å². The number of carbonyl (C=O) groups excluding carboxylic acids is 1. The molecule has 0 amide bonds. The van der Waals surface area contributed by atoms with E-state index in [-0.39, 0.29) is 5.82 Å². The van der Waals surface area contributed by atoms with E-state index in [0.29, 0.717) is 12.2 Å². The number of hydrogen-bond acceptors (Lipinski definition) is 3. The lowest BCUT2D eigenvalue weighted by Gasteiger charge is -2.06. The van der Waals surface area contributed by atoms with Gasteiger partial charge in [-0.15, -0.1) is 0 Å². The van der Waals surface area contributed by atoms with E-state index in [2.05, 4.69) is 0 Å². The highest BCUT2D eigenvalue weighted by Gasteiger charge is 2.03. The Labute approximate surface area is 129 Å². The number of carbonyl (C=O) groups is 1. The van der Waals surface area contributed by atoms with Gasteiger partial charge in [0, 0.05) is 6.08 Å². The lowest BCUT2D eigenvalue weighted by molar-refractivity contribution is -0.137. The van der Waals surface area contributed by atoms with Crippen molar-refractivity contribution in [2.75, 3.05) is 13.7 Å². The Bertz CT molecular complexity index is 675. The molecule has 0 N–H and O–H groups in total. The van der Waals surface area contributed by atoms with Crippen LogP contribution in [0.5, 0.6) is 5.75 Å². The minimum atomic E-state index is -0.447. The van der Waals surface area contributed by atoms with Crippen LogP contribution in [0.1, 0.15) is 12.5 Å². The van der Waals surface area contributed by atoms with Crippen LogP contribution in [0.4, 0.5) is 4.39 Å². The van der Waals surface area contributed by atoms with E-state index in [9.17, 15) is 9.18 Å². The van der Waals surface area contributed by atoms with Gasteiger partial charge in [0.1, 0.15) is 11.6 Å². The molecule has 0 bridgehead atoms. The van der Waals surface area contributed by atoms with E-state index >= 15 is 0 Å². The first-order valence-corrected chi connectivity index (χ1v) is 6.92. The van der Waals surface area contributed by atoms with Crippen molar-refractivity contribution in [1.29, 1.82) is 0 Å². The fourth-order valence-corrected chi connectivity index (χ4v) is 2.01. The van der Waals surface area contributed by atoms with Crippen LogP contribution in [0.15, 0.2) is 48.5 Å². The third-order valence-corrected chi connectivity index (χ3v) is 3.04. The molecule has 0 atom stereocenters. The number of benzene rings is 2. The summed E-state index contributed by atoms with van der Waals surface area (Å²) in [6.07, 6.45) is 2.82. The normalized spacial score (nSPS) is 10.7. The maximum Gasteiger partial charge on any atom is 0.330 e.